The number of aromatic nitrogens is 4. The van der Waals surface area contributed by atoms with Crippen LogP contribution in [0.3, 0.4) is 0 Å². The standard InChI is InChI=1S/C23H18F6N4O5/c1-11(34)10-33-19-17(20(35)31-21(33)36)32(2)18(30-19)12-3-8-16(15(9-12)22(24,25)26)37-13-4-6-14(7-5-13)38-23(27,28)29/h3-9,11,34H,10H2,1-2H3,(H,31,35,36). The molecule has 2 aromatic carbocycles. The molecule has 2 heterocycles. The van der Waals surface area contributed by atoms with E-state index in [4.69, 9.17) is 4.74 Å². The molecule has 2 aromatic heterocycles. The Kier molecular flexibility index (Phi) is 6.73. The van der Waals surface area contributed by atoms with Crippen molar-refractivity contribution in [1.29, 1.82) is 0 Å². The van der Waals surface area contributed by atoms with Gasteiger partial charge in [-0.3, -0.25) is 14.3 Å². The molecule has 1 atom stereocenters. The van der Waals surface area contributed by atoms with Gasteiger partial charge in [-0.2, -0.15) is 13.2 Å². The lowest BCUT2D eigenvalue weighted by molar-refractivity contribution is -0.274. The molecule has 0 bridgehead atoms. The topological polar surface area (TPSA) is 111 Å². The van der Waals surface area contributed by atoms with Crippen molar-refractivity contribution in [2.75, 3.05) is 0 Å². The predicted octanol–water partition coefficient (Wildman–Crippen LogP) is 4.18. The molecule has 0 amide bonds. The number of rotatable bonds is 6. The van der Waals surface area contributed by atoms with Gasteiger partial charge in [0.15, 0.2) is 11.2 Å². The first-order valence-electron chi connectivity index (χ1n) is 10.8. The molecule has 0 radical (unpaired) electrons. The summed E-state index contributed by atoms with van der Waals surface area (Å²) >= 11 is 0. The summed E-state index contributed by atoms with van der Waals surface area (Å²) < 4.78 is 90.1. The maximum Gasteiger partial charge on any atom is 0.573 e. The number of ether oxygens (including phenoxy) is 2. The summed E-state index contributed by atoms with van der Waals surface area (Å²) in [5.41, 5.74) is -3.20. The highest BCUT2D eigenvalue weighted by Crippen LogP contribution is 2.41. The Labute approximate surface area is 208 Å². The average Bonchev–Trinajstić information content (AvgIpc) is 3.14. The molecule has 0 aliphatic heterocycles. The second-order valence-electron chi connectivity index (χ2n) is 8.22. The molecular formula is C23H18F6N4O5. The van der Waals surface area contributed by atoms with Gasteiger partial charge in [0.1, 0.15) is 23.1 Å². The van der Waals surface area contributed by atoms with E-state index >= 15 is 0 Å². The van der Waals surface area contributed by atoms with Crippen molar-refractivity contribution in [2.24, 2.45) is 7.05 Å². The van der Waals surface area contributed by atoms with E-state index in [1.54, 1.807) is 0 Å². The number of hydrogen-bond acceptors (Lipinski definition) is 6. The third-order valence-electron chi connectivity index (χ3n) is 5.29. The predicted molar refractivity (Wildman–Crippen MR) is 121 cm³/mol. The number of aliphatic hydroxyl groups excluding tert-OH is 1. The van der Waals surface area contributed by atoms with Gasteiger partial charge >= 0.3 is 18.2 Å². The number of aromatic amines is 1. The molecule has 0 aliphatic rings. The molecule has 0 saturated carbocycles. The molecule has 4 rings (SSSR count). The fourth-order valence-electron chi connectivity index (χ4n) is 3.75. The van der Waals surface area contributed by atoms with Gasteiger partial charge in [0.05, 0.1) is 18.2 Å². The number of H-pyrrole nitrogens is 1. The first-order chi connectivity index (χ1) is 17.6. The lowest BCUT2D eigenvalue weighted by Crippen LogP contribution is -2.33. The summed E-state index contributed by atoms with van der Waals surface area (Å²) in [4.78, 5) is 31.0. The summed E-state index contributed by atoms with van der Waals surface area (Å²) in [7, 11) is 1.37. The highest BCUT2D eigenvalue weighted by atomic mass is 19.4. The van der Waals surface area contributed by atoms with Gasteiger partial charge in [-0.1, -0.05) is 0 Å². The zero-order valence-corrected chi connectivity index (χ0v) is 19.5. The molecule has 15 heteroatoms. The van der Waals surface area contributed by atoms with Gasteiger partial charge in [-0.25, -0.2) is 9.78 Å². The van der Waals surface area contributed by atoms with Gasteiger partial charge in [0, 0.05) is 12.6 Å². The maximum atomic E-state index is 13.9. The van der Waals surface area contributed by atoms with Crippen LogP contribution in [0.4, 0.5) is 26.3 Å². The molecule has 202 valence electrons. The molecule has 0 spiro atoms. The Morgan fingerprint density at radius 3 is 2.24 bits per heavy atom. The number of imidazole rings is 1. The molecule has 1 unspecified atom stereocenters. The van der Waals surface area contributed by atoms with Crippen LogP contribution in [-0.4, -0.2) is 36.7 Å². The van der Waals surface area contributed by atoms with Gasteiger partial charge in [0.2, 0.25) is 0 Å². The normalized spacial score (nSPS) is 13.1. The lowest BCUT2D eigenvalue weighted by atomic mass is 10.1. The van der Waals surface area contributed by atoms with Gasteiger partial charge in [-0.15, -0.1) is 13.2 Å². The molecule has 0 aliphatic carbocycles. The van der Waals surface area contributed by atoms with Gasteiger partial charge in [0.25, 0.3) is 5.56 Å². The molecule has 9 nitrogen and oxygen atoms in total. The Balaban J connectivity index is 1.77. The number of aryl methyl sites for hydroxylation is 1. The molecule has 0 saturated heterocycles. The smallest absolute Gasteiger partial charge is 0.457 e. The van der Waals surface area contributed by atoms with E-state index in [2.05, 4.69) is 14.7 Å². The van der Waals surface area contributed by atoms with E-state index in [1.807, 2.05) is 0 Å². The first-order valence-corrected chi connectivity index (χ1v) is 10.8. The fraction of sp³-hybridized carbons (Fsp3) is 0.261. The Hall–Kier alpha value is -4.27. The Morgan fingerprint density at radius 1 is 1.03 bits per heavy atom. The summed E-state index contributed by atoms with van der Waals surface area (Å²) in [5, 5.41) is 9.71. The monoisotopic (exact) mass is 544 g/mol. The average molecular weight is 544 g/mol. The minimum atomic E-state index is -4.94. The first kappa shape index (κ1) is 26.8. The molecule has 4 aromatic rings. The third-order valence-corrected chi connectivity index (χ3v) is 5.29. The Bertz CT molecular complexity index is 1600. The number of aliphatic hydroxyl groups is 1. The van der Waals surface area contributed by atoms with E-state index in [0.29, 0.717) is 0 Å². The number of benzene rings is 2. The van der Waals surface area contributed by atoms with Crippen LogP contribution >= 0.6 is 0 Å². The molecular weight excluding hydrogens is 526 g/mol. The number of nitrogens with one attached hydrogen (secondary N) is 1. The largest absolute Gasteiger partial charge is 0.573 e. The second-order valence-corrected chi connectivity index (χ2v) is 8.22. The summed E-state index contributed by atoms with van der Waals surface area (Å²) in [6.45, 7) is 1.18. The number of halogens is 6. The van der Waals surface area contributed by atoms with Crippen LogP contribution in [-0.2, 0) is 19.8 Å². The molecule has 38 heavy (non-hydrogen) atoms. The van der Waals surface area contributed by atoms with Crippen molar-refractivity contribution in [2.45, 2.75) is 32.1 Å². The number of alkyl halides is 6. The number of nitrogens with zero attached hydrogens (tertiary/aromatic N) is 3. The van der Waals surface area contributed by atoms with Crippen LogP contribution in [0.5, 0.6) is 17.2 Å². The van der Waals surface area contributed by atoms with E-state index in [0.717, 1.165) is 41.0 Å². The summed E-state index contributed by atoms with van der Waals surface area (Å²) in [5.74, 6) is -1.49. The van der Waals surface area contributed by atoms with Crippen molar-refractivity contribution >= 4 is 11.2 Å². The van der Waals surface area contributed by atoms with Crippen LogP contribution < -0.4 is 20.7 Å². The zero-order chi connectivity index (χ0) is 28.0. The van der Waals surface area contributed by atoms with Crippen LogP contribution in [0.25, 0.3) is 22.6 Å². The van der Waals surface area contributed by atoms with Crippen LogP contribution in [0.15, 0.2) is 52.1 Å². The van der Waals surface area contributed by atoms with Crippen LogP contribution in [0.1, 0.15) is 12.5 Å². The SMILES string of the molecule is CC(O)Cn1c(=O)[nH]c(=O)c2c1nc(-c1ccc(Oc3ccc(OC(F)(F)F)cc3)c(C(F)(F)F)c1)n2C. The highest BCUT2D eigenvalue weighted by molar-refractivity contribution is 5.77. The fourth-order valence-corrected chi connectivity index (χ4v) is 3.75. The number of hydrogen-bond donors (Lipinski definition) is 2. The molecule has 0 fully saturated rings. The minimum Gasteiger partial charge on any atom is -0.457 e. The Morgan fingerprint density at radius 2 is 1.66 bits per heavy atom. The minimum absolute atomic E-state index is 0.0762. The van der Waals surface area contributed by atoms with Crippen molar-refractivity contribution < 1.29 is 40.9 Å². The maximum absolute atomic E-state index is 13.9. The van der Waals surface area contributed by atoms with E-state index < -0.39 is 47.0 Å². The lowest BCUT2D eigenvalue weighted by Gasteiger charge is -2.15. The molecule has 2 N–H and O–H groups in total. The van der Waals surface area contributed by atoms with Crippen molar-refractivity contribution in [3.63, 3.8) is 0 Å². The highest BCUT2D eigenvalue weighted by Gasteiger charge is 2.36. The number of fused-ring (bicyclic) bond motifs is 1. The van der Waals surface area contributed by atoms with Gasteiger partial charge < -0.3 is 19.1 Å². The third kappa shape index (κ3) is 5.51. The zero-order valence-electron chi connectivity index (χ0n) is 19.5. The van der Waals surface area contributed by atoms with Crippen molar-refractivity contribution in [3.8, 4) is 28.6 Å². The van der Waals surface area contributed by atoms with Gasteiger partial charge in [-0.05, 0) is 49.4 Å². The summed E-state index contributed by atoms with van der Waals surface area (Å²) in [6, 6.07) is 6.73. The van der Waals surface area contributed by atoms with Crippen LogP contribution in [0.2, 0.25) is 0 Å². The quantitative estimate of drug-likeness (QED) is 0.353. The van der Waals surface area contributed by atoms with Crippen molar-refractivity contribution in [3.05, 3.63) is 68.9 Å². The second kappa shape index (κ2) is 9.55. The van der Waals surface area contributed by atoms with E-state index in [-0.39, 0.29) is 34.8 Å². The van der Waals surface area contributed by atoms with Crippen LogP contribution in [0, 0.1) is 0 Å². The summed E-state index contributed by atoms with van der Waals surface area (Å²) in [6.07, 6.45) is -10.8. The van der Waals surface area contributed by atoms with Crippen molar-refractivity contribution in [1.82, 2.24) is 19.1 Å². The van der Waals surface area contributed by atoms with E-state index in [1.165, 1.54) is 24.6 Å². The van der Waals surface area contributed by atoms with E-state index in [9.17, 15) is 41.0 Å².